The van der Waals surface area contributed by atoms with Crippen molar-refractivity contribution in [2.24, 2.45) is 11.7 Å². The summed E-state index contributed by atoms with van der Waals surface area (Å²) in [6.45, 7) is 3.18. The van der Waals surface area contributed by atoms with E-state index in [1.807, 2.05) is 61.5 Å². The molecule has 124 valence electrons. The van der Waals surface area contributed by atoms with Crippen LogP contribution in [-0.4, -0.2) is 12.5 Å². The second-order valence-corrected chi connectivity index (χ2v) is 5.28. The minimum absolute atomic E-state index is 0. The molecule has 0 bridgehead atoms. The molecule has 0 saturated carbocycles. The Bertz CT molecular complexity index is 605. The third kappa shape index (κ3) is 6.30. The summed E-state index contributed by atoms with van der Waals surface area (Å²) < 4.78 is 5.72. The van der Waals surface area contributed by atoms with Crippen LogP contribution in [0, 0.1) is 5.92 Å². The Labute approximate surface area is 143 Å². The number of ether oxygens (including phenoxy) is 1. The van der Waals surface area contributed by atoms with Gasteiger partial charge < -0.3 is 15.8 Å². The molecular formula is C18H23ClN2O2. The molecule has 2 rings (SSSR count). The Kier molecular flexibility index (Phi) is 8.16. The van der Waals surface area contributed by atoms with E-state index in [0.717, 1.165) is 16.9 Å². The molecule has 0 aliphatic heterocycles. The molecule has 0 aliphatic carbocycles. The number of para-hydroxylation sites is 1. The third-order valence-corrected chi connectivity index (χ3v) is 3.41. The van der Waals surface area contributed by atoms with Crippen LogP contribution < -0.4 is 15.8 Å². The Balaban J connectivity index is 0.00000264. The van der Waals surface area contributed by atoms with E-state index in [4.69, 9.17) is 10.5 Å². The average molecular weight is 335 g/mol. The SMILES string of the molecule is CC(CN)C(=O)NCc1cccc(COc2ccccc2)c1.Cl. The van der Waals surface area contributed by atoms with Gasteiger partial charge in [-0.15, -0.1) is 12.4 Å². The van der Waals surface area contributed by atoms with Gasteiger partial charge in [-0.05, 0) is 23.3 Å². The van der Waals surface area contributed by atoms with Gasteiger partial charge in [0.1, 0.15) is 12.4 Å². The van der Waals surface area contributed by atoms with Crippen molar-refractivity contribution in [3.05, 3.63) is 65.7 Å². The van der Waals surface area contributed by atoms with Crippen molar-refractivity contribution in [3.8, 4) is 5.75 Å². The molecule has 0 saturated heterocycles. The third-order valence-electron chi connectivity index (χ3n) is 3.41. The van der Waals surface area contributed by atoms with Crippen molar-refractivity contribution in [1.82, 2.24) is 5.32 Å². The minimum Gasteiger partial charge on any atom is -0.489 e. The van der Waals surface area contributed by atoms with Crippen LogP contribution in [0.5, 0.6) is 5.75 Å². The monoisotopic (exact) mass is 334 g/mol. The number of hydrogen-bond acceptors (Lipinski definition) is 3. The van der Waals surface area contributed by atoms with Crippen molar-refractivity contribution < 1.29 is 9.53 Å². The highest BCUT2D eigenvalue weighted by atomic mass is 35.5. The highest BCUT2D eigenvalue weighted by Gasteiger charge is 2.09. The first-order chi connectivity index (χ1) is 10.7. The Morgan fingerprint density at radius 1 is 1.13 bits per heavy atom. The van der Waals surface area contributed by atoms with Gasteiger partial charge in [-0.25, -0.2) is 0 Å². The van der Waals surface area contributed by atoms with Gasteiger partial charge in [-0.3, -0.25) is 4.79 Å². The molecule has 23 heavy (non-hydrogen) atoms. The lowest BCUT2D eigenvalue weighted by atomic mass is 10.1. The van der Waals surface area contributed by atoms with Crippen LogP contribution in [0.2, 0.25) is 0 Å². The van der Waals surface area contributed by atoms with Gasteiger partial charge in [-0.2, -0.15) is 0 Å². The molecule has 0 radical (unpaired) electrons. The molecule has 0 spiro atoms. The van der Waals surface area contributed by atoms with Crippen LogP contribution >= 0.6 is 12.4 Å². The van der Waals surface area contributed by atoms with E-state index in [9.17, 15) is 4.79 Å². The molecule has 1 unspecified atom stereocenters. The molecule has 1 atom stereocenters. The van der Waals surface area contributed by atoms with Gasteiger partial charge >= 0.3 is 0 Å². The molecule has 2 aromatic carbocycles. The Morgan fingerprint density at radius 2 is 1.83 bits per heavy atom. The zero-order valence-corrected chi connectivity index (χ0v) is 14.0. The normalized spacial score (nSPS) is 11.2. The van der Waals surface area contributed by atoms with Crippen molar-refractivity contribution in [1.29, 1.82) is 0 Å². The predicted molar refractivity (Wildman–Crippen MR) is 94.5 cm³/mol. The summed E-state index contributed by atoms with van der Waals surface area (Å²) in [4.78, 5) is 11.7. The van der Waals surface area contributed by atoms with Gasteiger partial charge in [0.25, 0.3) is 0 Å². The fraction of sp³-hybridized carbons (Fsp3) is 0.278. The van der Waals surface area contributed by atoms with E-state index in [1.54, 1.807) is 0 Å². The fourth-order valence-electron chi connectivity index (χ4n) is 1.98. The second-order valence-electron chi connectivity index (χ2n) is 5.28. The molecular weight excluding hydrogens is 312 g/mol. The molecule has 4 nitrogen and oxygen atoms in total. The average Bonchev–Trinajstić information content (AvgIpc) is 2.58. The van der Waals surface area contributed by atoms with Crippen molar-refractivity contribution in [2.45, 2.75) is 20.1 Å². The first-order valence-electron chi connectivity index (χ1n) is 7.42. The number of nitrogens with two attached hydrogens (primary N) is 1. The highest BCUT2D eigenvalue weighted by molar-refractivity contribution is 5.85. The lowest BCUT2D eigenvalue weighted by molar-refractivity contribution is -0.124. The van der Waals surface area contributed by atoms with Crippen molar-refractivity contribution >= 4 is 18.3 Å². The van der Waals surface area contributed by atoms with Gasteiger partial charge in [0, 0.05) is 19.0 Å². The van der Waals surface area contributed by atoms with Crippen LogP contribution in [0.4, 0.5) is 0 Å². The van der Waals surface area contributed by atoms with Crippen LogP contribution in [0.1, 0.15) is 18.1 Å². The maximum absolute atomic E-state index is 11.7. The maximum atomic E-state index is 11.7. The number of amides is 1. The number of carbonyl (C=O) groups is 1. The van der Waals surface area contributed by atoms with Gasteiger partial charge in [0.2, 0.25) is 5.91 Å². The molecule has 5 heteroatoms. The summed E-state index contributed by atoms with van der Waals surface area (Å²) in [5, 5.41) is 2.89. The maximum Gasteiger partial charge on any atom is 0.224 e. The summed E-state index contributed by atoms with van der Waals surface area (Å²) in [6, 6.07) is 17.7. The van der Waals surface area contributed by atoms with E-state index in [0.29, 0.717) is 19.7 Å². The van der Waals surface area contributed by atoms with E-state index >= 15 is 0 Å². The van der Waals surface area contributed by atoms with E-state index < -0.39 is 0 Å². The van der Waals surface area contributed by atoms with Crippen molar-refractivity contribution in [2.75, 3.05) is 6.54 Å². The van der Waals surface area contributed by atoms with E-state index in [-0.39, 0.29) is 24.2 Å². The molecule has 1 amide bonds. The quantitative estimate of drug-likeness (QED) is 0.818. The summed E-state index contributed by atoms with van der Waals surface area (Å²) in [5.41, 5.74) is 7.60. The van der Waals surface area contributed by atoms with Crippen LogP contribution in [0.15, 0.2) is 54.6 Å². The zero-order valence-electron chi connectivity index (χ0n) is 13.2. The van der Waals surface area contributed by atoms with Gasteiger partial charge in [-0.1, -0.05) is 49.4 Å². The standard InChI is InChI=1S/C18H22N2O2.ClH/c1-14(11-19)18(21)20-12-15-6-5-7-16(10-15)13-22-17-8-3-2-4-9-17;/h2-10,14H,11-13,19H2,1H3,(H,20,21);1H. The zero-order chi connectivity index (χ0) is 15.8. The van der Waals surface area contributed by atoms with Crippen LogP contribution in [0.3, 0.4) is 0 Å². The number of benzene rings is 2. The molecule has 0 heterocycles. The lowest BCUT2D eigenvalue weighted by Gasteiger charge is -2.11. The summed E-state index contributed by atoms with van der Waals surface area (Å²) in [7, 11) is 0. The first kappa shape index (κ1) is 19.0. The molecule has 2 aromatic rings. The summed E-state index contributed by atoms with van der Waals surface area (Å²) in [6.07, 6.45) is 0. The number of hydrogen-bond donors (Lipinski definition) is 2. The van der Waals surface area contributed by atoms with E-state index in [2.05, 4.69) is 5.32 Å². The Morgan fingerprint density at radius 3 is 2.52 bits per heavy atom. The summed E-state index contributed by atoms with van der Waals surface area (Å²) in [5.74, 6) is 0.663. The number of carbonyl (C=O) groups excluding carboxylic acids is 1. The largest absolute Gasteiger partial charge is 0.489 e. The Hall–Kier alpha value is -2.04. The second kappa shape index (κ2) is 9.87. The highest BCUT2D eigenvalue weighted by Crippen LogP contribution is 2.12. The van der Waals surface area contributed by atoms with Crippen LogP contribution in [0.25, 0.3) is 0 Å². The number of halogens is 1. The smallest absolute Gasteiger partial charge is 0.224 e. The van der Waals surface area contributed by atoms with E-state index in [1.165, 1.54) is 0 Å². The van der Waals surface area contributed by atoms with Crippen molar-refractivity contribution in [3.63, 3.8) is 0 Å². The minimum atomic E-state index is -0.162. The van der Waals surface area contributed by atoms with Crippen LogP contribution in [-0.2, 0) is 17.9 Å². The molecule has 3 N–H and O–H groups in total. The molecule has 0 aromatic heterocycles. The lowest BCUT2D eigenvalue weighted by Crippen LogP contribution is -2.32. The van der Waals surface area contributed by atoms with Gasteiger partial charge in [0.15, 0.2) is 0 Å². The fourth-order valence-corrected chi connectivity index (χ4v) is 1.98. The van der Waals surface area contributed by atoms with Gasteiger partial charge in [0.05, 0.1) is 0 Å². The number of nitrogens with one attached hydrogen (secondary N) is 1. The molecule has 0 fully saturated rings. The number of rotatable bonds is 7. The first-order valence-corrected chi connectivity index (χ1v) is 7.42. The topological polar surface area (TPSA) is 64.4 Å². The predicted octanol–water partition coefficient (Wildman–Crippen LogP) is 2.90. The molecule has 0 aliphatic rings. The summed E-state index contributed by atoms with van der Waals surface area (Å²) >= 11 is 0.